The number of pyridine rings is 1. The molecular formula is C52H38N4OPt-2. The minimum atomic E-state index is -2.12. The van der Waals surface area contributed by atoms with Crippen LogP contribution in [0.5, 0.6) is 11.5 Å². The second-order valence-corrected chi connectivity index (χ2v) is 13.4. The number of imidazole rings is 1. The van der Waals surface area contributed by atoms with Gasteiger partial charge in [0.15, 0.2) is 0 Å². The number of aromatic nitrogens is 4. The molecule has 0 amide bonds. The molecule has 0 aliphatic rings. The SMILES string of the molecule is [2H]c1nc(-n2c3[c-]c(Oc4[c-]c(-n5[c-][n+](-c6c(-c7c([2H])c([2H])c([2H])c([2H])c7[2H])cccc6-c6c([2H])c([2H])c([2H])c([2H])c6[2H])c6ccccc65)ccc4)ccc3c3ccccc32)c([2H])c(C([2H])([2H])C(C)C)c1[2H].[Pt]. The van der Waals surface area contributed by atoms with Gasteiger partial charge in [0.05, 0.1) is 34.5 Å². The molecule has 0 aliphatic carbocycles. The normalized spacial score (nSPS) is 15.3. The van der Waals surface area contributed by atoms with Crippen molar-refractivity contribution < 1.29 is 50.9 Å². The largest absolute Gasteiger partial charge is 0.510 e. The van der Waals surface area contributed by atoms with E-state index >= 15 is 0 Å². The summed E-state index contributed by atoms with van der Waals surface area (Å²) < 4.78 is 142. The van der Waals surface area contributed by atoms with E-state index in [1.165, 1.54) is 6.07 Å². The molecule has 0 spiro atoms. The van der Waals surface area contributed by atoms with Gasteiger partial charge in [-0.2, -0.15) is 18.2 Å². The number of nitrogens with zero attached hydrogens (tertiary/aromatic N) is 4. The van der Waals surface area contributed by atoms with Gasteiger partial charge in [-0.05, 0) is 69.3 Å². The zero-order valence-corrected chi connectivity index (χ0v) is 33.1. The van der Waals surface area contributed by atoms with Crippen molar-refractivity contribution in [3.63, 3.8) is 0 Å². The predicted molar refractivity (Wildman–Crippen MR) is 229 cm³/mol. The van der Waals surface area contributed by atoms with E-state index in [1.54, 1.807) is 88.2 Å². The smallest absolute Gasteiger partial charge is 0.268 e. The number of fused-ring (bicyclic) bond motifs is 4. The van der Waals surface area contributed by atoms with Crippen molar-refractivity contribution >= 4 is 32.8 Å². The fourth-order valence-electron chi connectivity index (χ4n) is 7.03. The first-order valence-corrected chi connectivity index (χ1v) is 18.1. The van der Waals surface area contributed by atoms with Gasteiger partial charge < -0.3 is 13.9 Å². The van der Waals surface area contributed by atoms with Crippen molar-refractivity contribution in [2.45, 2.75) is 20.2 Å². The Morgan fingerprint density at radius 3 is 2.12 bits per heavy atom. The van der Waals surface area contributed by atoms with Crippen molar-refractivity contribution in [2.24, 2.45) is 5.92 Å². The summed E-state index contributed by atoms with van der Waals surface area (Å²) in [4.78, 5) is 4.37. The molecule has 0 atom stereocenters. The van der Waals surface area contributed by atoms with Gasteiger partial charge in [0.2, 0.25) is 0 Å². The van der Waals surface area contributed by atoms with Gasteiger partial charge in [0.1, 0.15) is 5.82 Å². The Bertz CT molecular complexity index is 3780. The molecule has 10 aromatic rings. The molecule has 7 aromatic carbocycles. The van der Waals surface area contributed by atoms with Crippen LogP contribution in [0.3, 0.4) is 0 Å². The Kier molecular flexibility index (Phi) is 6.42. The molecule has 0 fully saturated rings. The molecule has 6 heteroatoms. The van der Waals surface area contributed by atoms with Gasteiger partial charge in [-0.3, -0.25) is 4.57 Å². The van der Waals surface area contributed by atoms with Crippen LogP contribution in [0.25, 0.3) is 72.3 Å². The van der Waals surface area contributed by atoms with Crippen LogP contribution in [0, 0.1) is 24.4 Å². The average Bonchev–Trinajstić information content (AvgIpc) is 3.91. The third kappa shape index (κ3) is 6.82. The van der Waals surface area contributed by atoms with Gasteiger partial charge in [-0.1, -0.05) is 140 Å². The van der Waals surface area contributed by atoms with E-state index in [4.69, 9.17) is 23.9 Å². The Hall–Kier alpha value is -6.55. The van der Waals surface area contributed by atoms with Crippen LogP contribution in [0.4, 0.5) is 0 Å². The zero-order chi connectivity index (χ0) is 51.4. The first-order chi connectivity index (χ1) is 34.2. The first kappa shape index (κ1) is 23.6. The van der Waals surface area contributed by atoms with Gasteiger partial charge in [-0.15, -0.1) is 29.7 Å². The number of hydrogen-bond acceptors (Lipinski definition) is 2. The van der Waals surface area contributed by atoms with Crippen LogP contribution in [-0.4, -0.2) is 14.1 Å². The molecule has 0 bridgehead atoms. The summed E-state index contributed by atoms with van der Waals surface area (Å²) in [6, 6.07) is 27.9. The molecule has 10 rings (SSSR count). The molecule has 0 unspecified atom stereocenters. The van der Waals surface area contributed by atoms with Gasteiger partial charge in [-0.25, -0.2) is 4.98 Å². The Morgan fingerprint density at radius 1 is 0.707 bits per heavy atom. The van der Waals surface area contributed by atoms with Crippen LogP contribution in [0.2, 0.25) is 0 Å². The molecule has 5 nitrogen and oxygen atoms in total. The number of ether oxygens (including phenoxy) is 1. The molecule has 284 valence electrons. The molecule has 3 aromatic heterocycles. The summed E-state index contributed by atoms with van der Waals surface area (Å²) in [6.07, 6.45) is 0.736. The van der Waals surface area contributed by atoms with Crippen LogP contribution in [-0.2, 0) is 27.4 Å². The Labute approximate surface area is 373 Å². The number of rotatable bonds is 9. The third-order valence-electron chi connectivity index (χ3n) is 9.36. The molecule has 58 heavy (non-hydrogen) atoms. The van der Waals surface area contributed by atoms with Crippen LogP contribution in [0.1, 0.15) is 40.0 Å². The van der Waals surface area contributed by atoms with E-state index in [0.29, 0.717) is 33.1 Å². The zero-order valence-electron chi connectivity index (χ0n) is 45.8. The van der Waals surface area contributed by atoms with Crippen LogP contribution in [0.15, 0.2) is 176 Å². The van der Waals surface area contributed by atoms with E-state index in [0.717, 1.165) is 5.39 Å². The number of para-hydroxylation sites is 4. The minimum Gasteiger partial charge on any atom is -0.510 e. The summed E-state index contributed by atoms with van der Waals surface area (Å²) in [5, 5.41) is 1.47. The summed E-state index contributed by atoms with van der Waals surface area (Å²) in [7, 11) is 0. The summed E-state index contributed by atoms with van der Waals surface area (Å²) in [5.41, 5.74) is 2.14. The molecule has 0 N–H and O–H groups in total. The number of hydrogen-bond donors (Lipinski definition) is 0. The standard InChI is InChI=1S/C52H38N4O.Pt/c1-36(2)31-37-29-30-53-51(32-37)56-47-24-10-9-21-45(47)46-28-27-42(34-50(46)56)57-41-20-13-19-40(33-41)54-35-55(49-26-12-11-25-48(49)54)52-43(38-15-5-3-6-16-38)22-14-23-44(52)39-17-7-4-8-18-39;/h3-30,32,36H,31H2,1-2H3;/q-2;/i3D,4D,5D,6D,7D,8D,15D,16D,17D,18D,29D,30D,31D2,32D;. The van der Waals surface area contributed by atoms with Crippen LogP contribution >= 0.6 is 0 Å². The fraction of sp³-hybridized carbons (Fsp3) is 0.0769. The molecule has 0 saturated heterocycles. The van der Waals surface area contributed by atoms with Crippen molar-refractivity contribution in [1.29, 1.82) is 0 Å². The second kappa shape index (κ2) is 15.8. The first-order valence-electron chi connectivity index (χ1n) is 25.6. The van der Waals surface area contributed by atoms with E-state index in [2.05, 4.69) is 23.4 Å². The summed E-state index contributed by atoms with van der Waals surface area (Å²) >= 11 is 0. The van der Waals surface area contributed by atoms with Crippen molar-refractivity contribution in [3.05, 3.63) is 200 Å². The third-order valence-corrected chi connectivity index (χ3v) is 9.36. The van der Waals surface area contributed by atoms with Crippen molar-refractivity contribution in [2.75, 3.05) is 0 Å². The maximum absolute atomic E-state index is 9.25. The molecule has 0 saturated carbocycles. The average molecular weight is 945 g/mol. The van der Waals surface area contributed by atoms with Crippen molar-refractivity contribution in [1.82, 2.24) is 14.1 Å². The van der Waals surface area contributed by atoms with Crippen molar-refractivity contribution in [3.8, 4) is 50.9 Å². The molecular weight excluding hydrogens is 892 g/mol. The maximum atomic E-state index is 9.25. The second-order valence-electron chi connectivity index (χ2n) is 13.4. The summed E-state index contributed by atoms with van der Waals surface area (Å²) in [5.74, 6) is -0.220. The van der Waals surface area contributed by atoms with Gasteiger partial charge in [0, 0.05) is 47.0 Å². The molecule has 0 radical (unpaired) electrons. The van der Waals surface area contributed by atoms with E-state index < -0.39 is 84.9 Å². The fourth-order valence-corrected chi connectivity index (χ4v) is 7.03. The topological polar surface area (TPSA) is 35.9 Å². The Morgan fingerprint density at radius 2 is 1.38 bits per heavy atom. The monoisotopic (exact) mass is 944 g/mol. The summed E-state index contributed by atoms with van der Waals surface area (Å²) in [6.45, 7) is 3.30. The van der Waals surface area contributed by atoms with Crippen LogP contribution < -0.4 is 9.30 Å². The predicted octanol–water partition coefficient (Wildman–Crippen LogP) is 12.1. The molecule has 3 heterocycles. The van der Waals surface area contributed by atoms with E-state index in [1.807, 2.05) is 30.3 Å². The minimum absolute atomic E-state index is 0. The van der Waals surface area contributed by atoms with Gasteiger partial charge >= 0.3 is 0 Å². The van der Waals surface area contributed by atoms with E-state index in [-0.39, 0.29) is 77.9 Å². The number of benzene rings is 7. The quantitative estimate of drug-likeness (QED) is 0.107. The Balaban J connectivity index is 0.00000656. The maximum Gasteiger partial charge on any atom is 0.268 e. The van der Waals surface area contributed by atoms with E-state index in [9.17, 15) is 1.37 Å². The molecule has 0 aliphatic heterocycles. The van der Waals surface area contributed by atoms with Gasteiger partial charge in [0.25, 0.3) is 6.33 Å².